The van der Waals surface area contributed by atoms with Crippen LogP contribution in [0.15, 0.2) is 10.9 Å². The number of pyridine rings is 1. The Balaban J connectivity index is 2.13. The number of carboxylic acids is 1. The van der Waals surface area contributed by atoms with Crippen molar-refractivity contribution >= 4 is 11.9 Å². The molecule has 1 aromatic rings. The Morgan fingerprint density at radius 1 is 1.42 bits per heavy atom. The molecule has 1 aliphatic carbocycles. The lowest BCUT2D eigenvalue weighted by Gasteiger charge is -2.12. The molecule has 0 saturated heterocycles. The number of H-pyrrole nitrogens is 1. The fourth-order valence-electron chi connectivity index (χ4n) is 2.09. The van der Waals surface area contributed by atoms with Crippen LogP contribution < -0.4 is 10.9 Å². The molecule has 0 atom stereocenters. The van der Waals surface area contributed by atoms with Gasteiger partial charge in [-0.15, -0.1) is 0 Å². The van der Waals surface area contributed by atoms with Crippen molar-refractivity contribution in [1.82, 2.24) is 10.3 Å². The number of hydrogen-bond acceptors (Lipinski definition) is 3. The van der Waals surface area contributed by atoms with Crippen molar-refractivity contribution < 1.29 is 14.7 Å². The first-order valence-corrected chi connectivity index (χ1v) is 6.08. The predicted molar refractivity (Wildman–Crippen MR) is 68.2 cm³/mol. The van der Waals surface area contributed by atoms with E-state index in [1.54, 1.807) is 19.9 Å². The van der Waals surface area contributed by atoms with Gasteiger partial charge in [0, 0.05) is 12.2 Å². The molecule has 0 aromatic carbocycles. The quantitative estimate of drug-likeness (QED) is 0.741. The van der Waals surface area contributed by atoms with E-state index in [1.807, 2.05) is 0 Å². The van der Waals surface area contributed by atoms with E-state index in [9.17, 15) is 14.4 Å². The third-order valence-corrected chi connectivity index (χ3v) is 3.49. The standard InChI is InChI=1S/C13H16N2O4/c1-7-5-8(2)15-11(17)9(7)10(16)14-6-13(3-4-13)12(18)19/h5H,3-4,6H2,1-2H3,(H,14,16)(H,15,17)(H,18,19). The Kier molecular flexibility index (Phi) is 3.18. The Morgan fingerprint density at radius 2 is 2.05 bits per heavy atom. The fraction of sp³-hybridized carbons (Fsp3) is 0.462. The fourth-order valence-corrected chi connectivity index (χ4v) is 2.09. The van der Waals surface area contributed by atoms with Crippen molar-refractivity contribution in [3.05, 3.63) is 33.2 Å². The molecule has 1 aromatic heterocycles. The molecule has 6 nitrogen and oxygen atoms in total. The molecule has 1 saturated carbocycles. The molecule has 0 radical (unpaired) electrons. The summed E-state index contributed by atoms with van der Waals surface area (Å²) in [5.74, 6) is -1.42. The van der Waals surface area contributed by atoms with Crippen LogP contribution in [0, 0.1) is 19.3 Å². The number of nitrogens with one attached hydrogen (secondary N) is 2. The SMILES string of the molecule is Cc1cc(C)c(C(=O)NCC2(C(=O)O)CC2)c(=O)[nH]1. The molecule has 3 N–H and O–H groups in total. The summed E-state index contributed by atoms with van der Waals surface area (Å²) in [6.45, 7) is 3.48. The second-order valence-electron chi connectivity index (χ2n) is 5.11. The lowest BCUT2D eigenvalue weighted by atomic mass is 10.1. The zero-order valence-electron chi connectivity index (χ0n) is 10.9. The maximum Gasteiger partial charge on any atom is 0.311 e. The lowest BCUT2D eigenvalue weighted by molar-refractivity contribution is -0.143. The molecule has 0 spiro atoms. The van der Waals surface area contributed by atoms with Gasteiger partial charge in [-0.3, -0.25) is 14.4 Å². The summed E-state index contributed by atoms with van der Waals surface area (Å²) in [4.78, 5) is 37.3. The summed E-state index contributed by atoms with van der Waals surface area (Å²) in [5, 5.41) is 11.6. The third kappa shape index (κ3) is 2.52. The molecule has 6 heteroatoms. The number of amides is 1. The summed E-state index contributed by atoms with van der Waals surface area (Å²) in [6.07, 6.45) is 1.12. The highest BCUT2D eigenvalue weighted by molar-refractivity contribution is 5.95. The first-order chi connectivity index (χ1) is 8.85. The minimum absolute atomic E-state index is 0.0480. The molecule has 1 aliphatic rings. The van der Waals surface area contributed by atoms with Crippen molar-refractivity contribution in [2.45, 2.75) is 26.7 Å². The van der Waals surface area contributed by atoms with Crippen LogP contribution in [0.2, 0.25) is 0 Å². The van der Waals surface area contributed by atoms with Gasteiger partial charge < -0.3 is 15.4 Å². The van der Waals surface area contributed by atoms with E-state index in [2.05, 4.69) is 10.3 Å². The molecule has 2 rings (SSSR count). The van der Waals surface area contributed by atoms with Crippen molar-refractivity contribution in [3.63, 3.8) is 0 Å². The van der Waals surface area contributed by atoms with Gasteiger partial charge in [0.1, 0.15) is 5.56 Å². The van der Waals surface area contributed by atoms with Gasteiger partial charge in [0.2, 0.25) is 0 Å². The molecule has 102 valence electrons. The van der Waals surface area contributed by atoms with E-state index < -0.39 is 22.9 Å². The summed E-state index contributed by atoms with van der Waals surface area (Å²) in [6, 6.07) is 1.71. The van der Waals surface area contributed by atoms with Gasteiger partial charge >= 0.3 is 5.97 Å². The average molecular weight is 264 g/mol. The average Bonchev–Trinajstić information content (AvgIpc) is 3.05. The van der Waals surface area contributed by atoms with E-state index in [4.69, 9.17) is 5.11 Å². The van der Waals surface area contributed by atoms with Crippen LogP contribution in [-0.2, 0) is 4.79 Å². The number of hydrogen-bond donors (Lipinski definition) is 3. The Labute approximate surface area is 109 Å². The minimum atomic E-state index is -0.901. The lowest BCUT2D eigenvalue weighted by Crippen LogP contribution is -2.37. The van der Waals surface area contributed by atoms with Crippen LogP contribution in [0.3, 0.4) is 0 Å². The summed E-state index contributed by atoms with van der Waals surface area (Å²) in [5.41, 5.74) is 0.0326. The second kappa shape index (κ2) is 4.53. The van der Waals surface area contributed by atoms with Gasteiger partial charge in [-0.2, -0.15) is 0 Å². The van der Waals surface area contributed by atoms with Gasteiger partial charge in [-0.05, 0) is 38.3 Å². The first-order valence-electron chi connectivity index (χ1n) is 6.08. The zero-order chi connectivity index (χ0) is 14.2. The minimum Gasteiger partial charge on any atom is -0.481 e. The summed E-state index contributed by atoms with van der Waals surface area (Å²) in [7, 11) is 0. The molecule has 0 unspecified atom stereocenters. The highest BCUT2D eigenvalue weighted by Crippen LogP contribution is 2.45. The number of carbonyl (C=O) groups excluding carboxylic acids is 1. The largest absolute Gasteiger partial charge is 0.481 e. The third-order valence-electron chi connectivity index (χ3n) is 3.49. The van der Waals surface area contributed by atoms with Crippen LogP contribution in [0.25, 0.3) is 0 Å². The van der Waals surface area contributed by atoms with E-state index in [0.29, 0.717) is 24.1 Å². The highest BCUT2D eigenvalue weighted by atomic mass is 16.4. The van der Waals surface area contributed by atoms with Gasteiger partial charge in [0.25, 0.3) is 11.5 Å². The number of aromatic amines is 1. The first kappa shape index (κ1) is 13.3. The Bertz CT molecular complexity index is 599. The number of carboxylic acid groups (broad SMARTS) is 1. The monoisotopic (exact) mass is 264 g/mol. The molecule has 0 aliphatic heterocycles. The van der Waals surface area contributed by atoms with E-state index in [1.165, 1.54) is 0 Å². The highest BCUT2D eigenvalue weighted by Gasteiger charge is 2.50. The number of aliphatic carboxylic acids is 1. The van der Waals surface area contributed by atoms with Crippen LogP contribution in [0.4, 0.5) is 0 Å². The summed E-state index contributed by atoms with van der Waals surface area (Å²) < 4.78 is 0. The molecule has 1 amide bonds. The van der Waals surface area contributed by atoms with E-state index in [0.717, 1.165) is 0 Å². The Hall–Kier alpha value is -2.11. The summed E-state index contributed by atoms with van der Waals surface area (Å²) >= 11 is 0. The van der Waals surface area contributed by atoms with Crippen molar-refractivity contribution in [3.8, 4) is 0 Å². The number of aryl methyl sites for hydroxylation is 2. The van der Waals surface area contributed by atoms with Crippen LogP contribution in [-0.4, -0.2) is 28.5 Å². The molecule has 1 fully saturated rings. The smallest absolute Gasteiger partial charge is 0.311 e. The van der Waals surface area contributed by atoms with Gasteiger partial charge in [0.05, 0.1) is 5.41 Å². The molecule has 19 heavy (non-hydrogen) atoms. The number of aromatic nitrogens is 1. The molecule has 0 bridgehead atoms. The van der Waals surface area contributed by atoms with E-state index >= 15 is 0 Å². The second-order valence-corrected chi connectivity index (χ2v) is 5.11. The maximum absolute atomic E-state index is 12.0. The predicted octanol–water partition coefficient (Wildman–Crippen LogP) is 0.586. The molecular formula is C13H16N2O4. The van der Waals surface area contributed by atoms with Gasteiger partial charge in [0.15, 0.2) is 0 Å². The van der Waals surface area contributed by atoms with Crippen molar-refractivity contribution in [1.29, 1.82) is 0 Å². The van der Waals surface area contributed by atoms with Crippen LogP contribution >= 0.6 is 0 Å². The van der Waals surface area contributed by atoms with Crippen LogP contribution in [0.1, 0.15) is 34.5 Å². The Morgan fingerprint density at radius 3 is 2.53 bits per heavy atom. The topological polar surface area (TPSA) is 99.3 Å². The van der Waals surface area contributed by atoms with Gasteiger partial charge in [-0.1, -0.05) is 0 Å². The molecule has 1 heterocycles. The van der Waals surface area contributed by atoms with E-state index in [-0.39, 0.29) is 12.1 Å². The van der Waals surface area contributed by atoms with Crippen molar-refractivity contribution in [2.75, 3.05) is 6.54 Å². The number of carbonyl (C=O) groups is 2. The van der Waals surface area contributed by atoms with Crippen LogP contribution in [0.5, 0.6) is 0 Å². The maximum atomic E-state index is 12.0. The number of rotatable bonds is 4. The normalized spacial score (nSPS) is 15.9. The molecular weight excluding hydrogens is 248 g/mol. The zero-order valence-corrected chi connectivity index (χ0v) is 10.9. The van der Waals surface area contributed by atoms with Gasteiger partial charge in [-0.25, -0.2) is 0 Å². The van der Waals surface area contributed by atoms with Crippen molar-refractivity contribution in [2.24, 2.45) is 5.41 Å².